The van der Waals surface area contributed by atoms with Crippen molar-refractivity contribution in [2.75, 3.05) is 13.1 Å². The quantitative estimate of drug-likeness (QED) is 0.569. The molecule has 0 aromatic heterocycles. The normalized spacial score (nSPS) is 14.9. The minimum Gasteiger partial charge on any atom is -0.355 e. The van der Waals surface area contributed by atoms with Crippen LogP contribution in [0.3, 0.4) is 0 Å². The maximum atomic E-state index is 12.8. The molecule has 0 aliphatic carbocycles. The number of carbonyl (C=O) groups is 3. The van der Waals surface area contributed by atoms with Crippen LogP contribution in [0.5, 0.6) is 0 Å². The summed E-state index contributed by atoms with van der Waals surface area (Å²) in [4.78, 5) is 37.3. The van der Waals surface area contributed by atoms with E-state index in [-0.39, 0.29) is 17.7 Å². The summed E-state index contributed by atoms with van der Waals surface area (Å²) >= 11 is 5.96. The van der Waals surface area contributed by atoms with E-state index in [0.717, 1.165) is 5.56 Å². The third-order valence-corrected chi connectivity index (χ3v) is 5.29. The van der Waals surface area contributed by atoms with Crippen LogP contribution in [0.25, 0.3) is 0 Å². The van der Waals surface area contributed by atoms with E-state index in [1.165, 1.54) is 4.90 Å². The third-order valence-electron chi connectivity index (χ3n) is 5.04. The van der Waals surface area contributed by atoms with Gasteiger partial charge in [-0.2, -0.15) is 0 Å². The molecule has 25 heavy (non-hydrogen) atoms. The van der Waals surface area contributed by atoms with Crippen molar-refractivity contribution >= 4 is 29.3 Å². The van der Waals surface area contributed by atoms with E-state index in [1.807, 2.05) is 26.0 Å². The lowest BCUT2D eigenvalue weighted by Gasteiger charge is -2.31. The van der Waals surface area contributed by atoms with Crippen LogP contribution in [0.1, 0.15) is 51.5 Å². The molecular weight excluding hydrogens is 340 g/mol. The Balaban J connectivity index is 1.95. The molecule has 136 valence electrons. The Labute approximate surface area is 153 Å². The van der Waals surface area contributed by atoms with Crippen LogP contribution < -0.4 is 5.32 Å². The van der Waals surface area contributed by atoms with Crippen molar-refractivity contribution in [1.29, 1.82) is 0 Å². The van der Waals surface area contributed by atoms with E-state index in [4.69, 9.17) is 11.6 Å². The number of rotatable bonds is 8. The Hall–Kier alpha value is -1.88. The molecule has 5 nitrogen and oxygen atoms in total. The smallest absolute Gasteiger partial charge is 0.230 e. The van der Waals surface area contributed by atoms with Gasteiger partial charge >= 0.3 is 0 Å². The number of amides is 3. The molecule has 6 heteroatoms. The van der Waals surface area contributed by atoms with E-state index in [0.29, 0.717) is 50.2 Å². The summed E-state index contributed by atoms with van der Waals surface area (Å²) < 4.78 is 0. The lowest BCUT2D eigenvalue weighted by molar-refractivity contribution is -0.138. The molecule has 0 atom stereocenters. The van der Waals surface area contributed by atoms with Gasteiger partial charge in [-0.05, 0) is 37.0 Å². The second-order valence-corrected chi connectivity index (χ2v) is 6.78. The second-order valence-electron chi connectivity index (χ2n) is 6.34. The lowest BCUT2D eigenvalue weighted by Crippen LogP contribution is -2.44. The Morgan fingerprint density at radius 1 is 1.12 bits per heavy atom. The van der Waals surface area contributed by atoms with Crippen LogP contribution in [0.15, 0.2) is 24.3 Å². The van der Waals surface area contributed by atoms with Crippen LogP contribution in [-0.2, 0) is 19.8 Å². The molecule has 1 N–H and O–H groups in total. The number of hydrogen-bond donors (Lipinski definition) is 1. The monoisotopic (exact) mass is 364 g/mol. The van der Waals surface area contributed by atoms with Crippen LogP contribution in [0.4, 0.5) is 0 Å². The van der Waals surface area contributed by atoms with Crippen molar-refractivity contribution < 1.29 is 14.4 Å². The molecule has 3 amide bonds. The number of nitrogens with one attached hydrogen (secondary N) is 1. The molecule has 1 aliphatic rings. The molecular formula is C19H25ClN2O3. The topological polar surface area (TPSA) is 66.5 Å². The van der Waals surface area contributed by atoms with E-state index in [9.17, 15) is 14.4 Å². The van der Waals surface area contributed by atoms with Gasteiger partial charge in [-0.3, -0.25) is 19.3 Å². The summed E-state index contributed by atoms with van der Waals surface area (Å²) in [5, 5.41) is 3.61. The van der Waals surface area contributed by atoms with Crippen molar-refractivity contribution in [1.82, 2.24) is 10.2 Å². The zero-order valence-electron chi connectivity index (χ0n) is 14.8. The Kier molecular flexibility index (Phi) is 6.59. The Bertz CT molecular complexity index is 623. The van der Waals surface area contributed by atoms with Crippen LogP contribution in [-0.4, -0.2) is 35.7 Å². The number of benzene rings is 1. The van der Waals surface area contributed by atoms with Crippen molar-refractivity contribution in [3.05, 3.63) is 34.9 Å². The first-order valence-corrected chi connectivity index (χ1v) is 9.20. The molecule has 0 spiro atoms. The van der Waals surface area contributed by atoms with Gasteiger partial charge in [-0.1, -0.05) is 37.6 Å². The number of carbonyl (C=O) groups excluding carboxylic acids is 3. The van der Waals surface area contributed by atoms with Crippen LogP contribution in [0.2, 0.25) is 5.02 Å². The maximum Gasteiger partial charge on any atom is 0.230 e. The highest BCUT2D eigenvalue weighted by molar-refractivity contribution is 6.30. The molecule has 1 aliphatic heterocycles. The first-order chi connectivity index (χ1) is 11.9. The summed E-state index contributed by atoms with van der Waals surface area (Å²) in [5.41, 5.74) is 0.355. The summed E-state index contributed by atoms with van der Waals surface area (Å²) in [6, 6.07) is 7.40. The second kappa shape index (κ2) is 8.48. The fourth-order valence-corrected chi connectivity index (χ4v) is 3.49. The molecule has 0 bridgehead atoms. The van der Waals surface area contributed by atoms with E-state index < -0.39 is 5.41 Å². The van der Waals surface area contributed by atoms with Gasteiger partial charge < -0.3 is 5.32 Å². The summed E-state index contributed by atoms with van der Waals surface area (Å²) in [6.45, 7) is 4.80. The maximum absolute atomic E-state index is 12.8. The number of nitrogens with zero attached hydrogens (tertiary/aromatic N) is 1. The molecule has 0 saturated carbocycles. The predicted molar refractivity (Wildman–Crippen MR) is 97.3 cm³/mol. The number of halogens is 1. The minimum absolute atomic E-state index is 0.0288. The average molecular weight is 365 g/mol. The van der Waals surface area contributed by atoms with Gasteiger partial charge in [0.15, 0.2) is 0 Å². The summed E-state index contributed by atoms with van der Waals surface area (Å²) in [5.74, 6) is -0.262. The highest BCUT2D eigenvalue weighted by Gasteiger charge is 2.36. The van der Waals surface area contributed by atoms with Crippen LogP contribution >= 0.6 is 11.6 Å². The van der Waals surface area contributed by atoms with Gasteiger partial charge in [0.25, 0.3) is 0 Å². The zero-order valence-corrected chi connectivity index (χ0v) is 15.6. The molecule has 2 rings (SSSR count). The Morgan fingerprint density at radius 3 is 2.20 bits per heavy atom. The van der Waals surface area contributed by atoms with Gasteiger partial charge in [0.2, 0.25) is 17.7 Å². The van der Waals surface area contributed by atoms with Gasteiger partial charge in [-0.25, -0.2) is 0 Å². The molecule has 1 aromatic carbocycles. The molecule has 1 aromatic rings. The molecule has 1 heterocycles. The van der Waals surface area contributed by atoms with Gasteiger partial charge in [0.1, 0.15) is 0 Å². The molecule has 1 saturated heterocycles. The standard InChI is InChI=1S/C19H25ClN2O3/c1-3-19(4-2,14-6-8-15(20)9-7-14)18(25)21-12-5-13-22-16(23)10-11-17(22)24/h6-9H,3-5,10-13H2,1-2H3,(H,21,25). The minimum atomic E-state index is -0.593. The highest BCUT2D eigenvalue weighted by atomic mass is 35.5. The van der Waals surface area contributed by atoms with Crippen molar-refractivity contribution in [3.8, 4) is 0 Å². The van der Waals surface area contributed by atoms with Gasteiger partial charge in [0.05, 0.1) is 5.41 Å². The lowest BCUT2D eigenvalue weighted by atomic mass is 9.75. The van der Waals surface area contributed by atoms with E-state index in [1.54, 1.807) is 12.1 Å². The first kappa shape index (κ1) is 19.4. The Morgan fingerprint density at radius 2 is 1.68 bits per heavy atom. The number of likely N-dealkylation sites (tertiary alicyclic amines) is 1. The molecule has 1 fully saturated rings. The van der Waals surface area contributed by atoms with Gasteiger partial charge in [0, 0.05) is 31.0 Å². The predicted octanol–water partition coefficient (Wildman–Crippen LogP) is 3.05. The van der Waals surface area contributed by atoms with Crippen LogP contribution in [0, 0.1) is 0 Å². The van der Waals surface area contributed by atoms with Crippen molar-refractivity contribution in [3.63, 3.8) is 0 Å². The number of imide groups is 1. The van der Waals surface area contributed by atoms with Crippen molar-refractivity contribution in [2.24, 2.45) is 0 Å². The summed E-state index contributed by atoms with van der Waals surface area (Å²) in [7, 11) is 0. The number of hydrogen-bond acceptors (Lipinski definition) is 3. The largest absolute Gasteiger partial charge is 0.355 e. The summed E-state index contributed by atoms with van der Waals surface area (Å²) in [6.07, 6.45) is 2.53. The third kappa shape index (κ3) is 4.21. The fraction of sp³-hybridized carbons (Fsp3) is 0.526. The van der Waals surface area contributed by atoms with E-state index in [2.05, 4.69) is 5.32 Å². The SMILES string of the molecule is CCC(CC)(C(=O)NCCCN1C(=O)CCC1=O)c1ccc(Cl)cc1. The average Bonchev–Trinajstić information content (AvgIpc) is 2.93. The first-order valence-electron chi connectivity index (χ1n) is 8.82. The molecule has 0 radical (unpaired) electrons. The fourth-order valence-electron chi connectivity index (χ4n) is 3.36. The van der Waals surface area contributed by atoms with E-state index >= 15 is 0 Å². The zero-order chi connectivity index (χ0) is 18.4. The van der Waals surface area contributed by atoms with Crippen molar-refractivity contribution in [2.45, 2.75) is 51.4 Å². The highest BCUT2D eigenvalue weighted by Crippen LogP contribution is 2.32. The van der Waals surface area contributed by atoms with Gasteiger partial charge in [-0.15, -0.1) is 0 Å². The molecule has 0 unspecified atom stereocenters.